The van der Waals surface area contributed by atoms with Crippen molar-refractivity contribution < 1.29 is 18.0 Å². The lowest BCUT2D eigenvalue weighted by Crippen LogP contribution is -2.15. The molecule has 0 saturated heterocycles. The SMILES string of the molecule is CC1(c2ccccc2C(F)(F)F)CC1C=O. The molecule has 0 heterocycles. The zero-order valence-electron chi connectivity index (χ0n) is 8.71. The molecule has 0 aliphatic heterocycles. The lowest BCUT2D eigenvalue weighted by atomic mass is 9.91. The Morgan fingerprint density at radius 3 is 2.50 bits per heavy atom. The van der Waals surface area contributed by atoms with Gasteiger partial charge in [0, 0.05) is 11.3 Å². The number of hydrogen-bond acceptors (Lipinski definition) is 1. The first-order chi connectivity index (χ1) is 7.39. The highest BCUT2D eigenvalue weighted by molar-refractivity contribution is 5.65. The van der Waals surface area contributed by atoms with Crippen LogP contribution >= 0.6 is 0 Å². The predicted octanol–water partition coefficient (Wildman–Crippen LogP) is 3.18. The fraction of sp³-hybridized carbons (Fsp3) is 0.417. The summed E-state index contributed by atoms with van der Waals surface area (Å²) in [5.41, 5.74) is -1.02. The van der Waals surface area contributed by atoms with Gasteiger partial charge >= 0.3 is 6.18 Å². The molecule has 16 heavy (non-hydrogen) atoms. The fourth-order valence-corrected chi connectivity index (χ4v) is 2.13. The number of carbonyl (C=O) groups excluding carboxylic acids is 1. The summed E-state index contributed by atoms with van der Waals surface area (Å²) in [5, 5.41) is 0. The molecular weight excluding hydrogens is 217 g/mol. The quantitative estimate of drug-likeness (QED) is 0.710. The van der Waals surface area contributed by atoms with Gasteiger partial charge in [-0.1, -0.05) is 25.1 Å². The van der Waals surface area contributed by atoms with Crippen LogP contribution in [0.25, 0.3) is 0 Å². The van der Waals surface area contributed by atoms with Crippen LogP contribution in [0.1, 0.15) is 24.5 Å². The van der Waals surface area contributed by atoms with Crippen LogP contribution in [0.5, 0.6) is 0 Å². The Bertz CT molecular complexity index is 425. The predicted molar refractivity (Wildman–Crippen MR) is 53.0 cm³/mol. The van der Waals surface area contributed by atoms with Gasteiger partial charge in [-0.05, 0) is 18.1 Å². The Balaban J connectivity index is 2.47. The van der Waals surface area contributed by atoms with Crippen molar-refractivity contribution in [2.75, 3.05) is 0 Å². The molecule has 1 aromatic rings. The summed E-state index contributed by atoms with van der Waals surface area (Å²) < 4.78 is 38.2. The molecule has 1 aliphatic rings. The summed E-state index contributed by atoms with van der Waals surface area (Å²) in [4.78, 5) is 10.6. The second kappa shape index (κ2) is 3.34. The van der Waals surface area contributed by atoms with Gasteiger partial charge < -0.3 is 4.79 Å². The van der Waals surface area contributed by atoms with Crippen molar-refractivity contribution >= 4 is 6.29 Å². The second-order valence-corrected chi connectivity index (χ2v) is 4.41. The van der Waals surface area contributed by atoms with Crippen LogP contribution in [0.3, 0.4) is 0 Å². The van der Waals surface area contributed by atoms with Crippen molar-refractivity contribution in [1.29, 1.82) is 0 Å². The van der Waals surface area contributed by atoms with E-state index in [1.165, 1.54) is 12.1 Å². The number of aldehydes is 1. The molecule has 1 nitrogen and oxygen atoms in total. The van der Waals surface area contributed by atoms with Gasteiger partial charge in [0.15, 0.2) is 0 Å². The number of carbonyl (C=O) groups is 1. The molecule has 1 aromatic carbocycles. The van der Waals surface area contributed by atoms with Crippen molar-refractivity contribution in [3.8, 4) is 0 Å². The Morgan fingerprint density at radius 1 is 1.38 bits per heavy atom. The Kier molecular flexibility index (Phi) is 2.33. The maximum absolute atomic E-state index is 12.7. The first kappa shape index (κ1) is 11.2. The van der Waals surface area contributed by atoms with E-state index in [0.717, 1.165) is 12.4 Å². The minimum absolute atomic E-state index is 0.236. The standard InChI is InChI=1S/C12H11F3O/c1-11(6-8(11)7-16)9-4-2-3-5-10(9)12(13,14)15/h2-5,7-8H,6H2,1H3. The summed E-state index contributed by atoms with van der Waals surface area (Å²) in [6.07, 6.45) is -3.10. The minimum Gasteiger partial charge on any atom is -0.303 e. The zero-order chi connectivity index (χ0) is 12.0. The molecule has 1 saturated carbocycles. The first-order valence-corrected chi connectivity index (χ1v) is 5.01. The van der Waals surface area contributed by atoms with E-state index < -0.39 is 17.2 Å². The van der Waals surface area contributed by atoms with Gasteiger partial charge in [-0.2, -0.15) is 13.2 Å². The van der Waals surface area contributed by atoms with Crippen LogP contribution in [0.4, 0.5) is 13.2 Å². The summed E-state index contributed by atoms with van der Waals surface area (Å²) in [6.45, 7) is 1.70. The molecule has 4 heteroatoms. The van der Waals surface area contributed by atoms with E-state index in [9.17, 15) is 18.0 Å². The number of benzene rings is 1. The van der Waals surface area contributed by atoms with Crippen LogP contribution in [0, 0.1) is 5.92 Å². The molecular formula is C12H11F3O. The Labute approximate surface area is 91.3 Å². The summed E-state index contributed by atoms with van der Waals surface area (Å²) in [6, 6.07) is 5.48. The topological polar surface area (TPSA) is 17.1 Å². The third-order valence-corrected chi connectivity index (χ3v) is 3.31. The van der Waals surface area contributed by atoms with Crippen LogP contribution in [-0.2, 0) is 16.4 Å². The van der Waals surface area contributed by atoms with Crippen LogP contribution in [0.15, 0.2) is 24.3 Å². The average Bonchev–Trinajstić information content (AvgIpc) is 2.90. The third kappa shape index (κ3) is 1.62. The van der Waals surface area contributed by atoms with E-state index in [-0.39, 0.29) is 11.5 Å². The monoisotopic (exact) mass is 228 g/mol. The third-order valence-electron chi connectivity index (χ3n) is 3.31. The molecule has 1 aliphatic carbocycles. The van der Waals surface area contributed by atoms with E-state index in [4.69, 9.17) is 0 Å². The van der Waals surface area contributed by atoms with Gasteiger partial charge in [-0.3, -0.25) is 0 Å². The highest BCUT2D eigenvalue weighted by atomic mass is 19.4. The number of hydrogen-bond donors (Lipinski definition) is 0. The van der Waals surface area contributed by atoms with Gasteiger partial charge in [0.1, 0.15) is 6.29 Å². The van der Waals surface area contributed by atoms with E-state index in [2.05, 4.69) is 0 Å². The van der Waals surface area contributed by atoms with Crippen LogP contribution in [0.2, 0.25) is 0 Å². The lowest BCUT2D eigenvalue weighted by Gasteiger charge is -2.17. The summed E-state index contributed by atoms with van der Waals surface area (Å²) in [5.74, 6) is -0.281. The maximum atomic E-state index is 12.7. The van der Waals surface area contributed by atoms with E-state index in [0.29, 0.717) is 6.42 Å². The van der Waals surface area contributed by atoms with Gasteiger partial charge in [0.2, 0.25) is 0 Å². The van der Waals surface area contributed by atoms with E-state index in [1.54, 1.807) is 13.0 Å². The van der Waals surface area contributed by atoms with Crippen molar-refractivity contribution in [3.63, 3.8) is 0 Å². The number of alkyl halides is 3. The number of halogens is 3. The van der Waals surface area contributed by atoms with Gasteiger partial charge in [0.05, 0.1) is 5.56 Å². The van der Waals surface area contributed by atoms with Crippen molar-refractivity contribution in [1.82, 2.24) is 0 Å². The average molecular weight is 228 g/mol. The maximum Gasteiger partial charge on any atom is 0.416 e. The molecule has 0 aromatic heterocycles. The van der Waals surface area contributed by atoms with Crippen LogP contribution < -0.4 is 0 Å². The summed E-state index contributed by atoms with van der Waals surface area (Å²) in [7, 11) is 0. The molecule has 1 fully saturated rings. The number of rotatable bonds is 2. The molecule has 0 spiro atoms. The molecule has 2 unspecified atom stereocenters. The molecule has 0 amide bonds. The Morgan fingerprint density at radius 2 is 2.00 bits per heavy atom. The van der Waals surface area contributed by atoms with Crippen molar-refractivity contribution in [3.05, 3.63) is 35.4 Å². The van der Waals surface area contributed by atoms with E-state index in [1.807, 2.05) is 0 Å². The van der Waals surface area contributed by atoms with Crippen molar-refractivity contribution in [2.45, 2.75) is 24.9 Å². The summed E-state index contributed by atoms with van der Waals surface area (Å²) >= 11 is 0. The van der Waals surface area contributed by atoms with Crippen LogP contribution in [-0.4, -0.2) is 6.29 Å². The lowest BCUT2D eigenvalue weighted by molar-refractivity contribution is -0.138. The molecule has 0 radical (unpaired) electrons. The Hall–Kier alpha value is -1.32. The zero-order valence-corrected chi connectivity index (χ0v) is 8.71. The normalized spacial score (nSPS) is 28.9. The minimum atomic E-state index is -4.35. The van der Waals surface area contributed by atoms with Gasteiger partial charge in [0.25, 0.3) is 0 Å². The highest BCUT2D eigenvalue weighted by Crippen LogP contribution is 2.55. The van der Waals surface area contributed by atoms with Crippen molar-refractivity contribution in [2.24, 2.45) is 5.92 Å². The molecule has 0 bridgehead atoms. The molecule has 86 valence electrons. The van der Waals surface area contributed by atoms with E-state index >= 15 is 0 Å². The first-order valence-electron chi connectivity index (χ1n) is 5.01. The fourth-order valence-electron chi connectivity index (χ4n) is 2.13. The molecule has 0 N–H and O–H groups in total. The highest BCUT2D eigenvalue weighted by Gasteiger charge is 2.54. The smallest absolute Gasteiger partial charge is 0.303 e. The largest absolute Gasteiger partial charge is 0.416 e. The van der Waals surface area contributed by atoms with Gasteiger partial charge in [-0.15, -0.1) is 0 Å². The second-order valence-electron chi connectivity index (χ2n) is 4.41. The molecule has 2 rings (SSSR count). The molecule has 2 atom stereocenters. The van der Waals surface area contributed by atoms with Gasteiger partial charge in [-0.25, -0.2) is 0 Å².